The van der Waals surface area contributed by atoms with Gasteiger partial charge in [0, 0.05) is 34.6 Å². The van der Waals surface area contributed by atoms with E-state index in [0.29, 0.717) is 57.2 Å². The highest BCUT2D eigenvalue weighted by Crippen LogP contribution is 2.45. The second-order valence-corrected chi connectivity index (χ2v) is 20.4. The van der Waals surface area contributed by atoms with Crippen LogP contribution in [0.5, 0.6) is 0 Å². The summed E-state index contributed by atoms with van der Waals surface area (Å²) >= 11 is 0. The summed E-state index contributed by atoms with van der Waals surface area (Å²) in [5, 5.41) is 1.12. The Kier molecular flexibility index (Phi) is 22.5. The lowest BCUT2D eigenvalue weighted by Gasteiger charge is -2.22. The molecule has 0 saturated heterocycles. The van der Waals surface area contributed by atoms with Gasteiger partial charge in [0.1, 0.15) is 0 Å². The number of hydrogen-bond acceptors (Lipinski definition) is 2. The Labute approximate surface area is 515 Å². The Morgan fingerprint density at radius 3 is 1.58 bits per heavy atom. The van der Waals surface area contributed by atoms with Gasteiger partial charge < -0.3 is 9.47 Å². The molecule has 4 nitrogen and oxygen atoms in total. The molecule has 472 valence electrons. The van der Waals surface area contributed by atoms with Gasteiger partial charge >= 0.3 is 30.9 Å². The first-order valence-electron chi connectivity index (χ1n) is 27.3. The van der Waals surface area contributed by atoms with Crippen LogP contribution in [0.3, 0.4) is 0 Å². The zero-order valence-electron chi connectivity index (χ0n) is 49.1. The number of allylic oxidation sites excluding steroid dienone is 8. The standard InChI is InChI=1S/C41H26F6N2O2.C18H16F6.C9H10.C4H5F3/c1-48(30-18-14-26(15-19-30)25-8-3-2-4-9-25)39(51)38-28(24-50)10-7-13-37(38)49-35-12-6-5-11-32(35)33-22-27(16-21-36(33)49)31-20-17-29(40(42,43)44)23-34(31)41(45,46)47;1-4-6-8-14(12(3)7-5-2)15-10-9-13(17(19,20)21)11-16(15)18(22,23)24;1-8(2)9-6-4-3-5-7-9;1-3(2)4(5,6)7/h2-24H,1H3;4-6,8-11H,2-3,7H2,1H3;3-7H,1H2,2H3;1H2,2H3/b;6-4-,14-8+;;. The minimum absolute atomic E-state index is 0.0584. The van der Waals surface area contributed by atoms with Gasteiger partial charge in [0.25, 0.3) is 5.91 Å². The van der Waals surface area contributed by atoms with E-state index in [0.717, 1.165) is 35.8 Å². The number of amides is 1. The number of halogens is 15. The summed E-state index contributed by atoms with van der Waals surface area (Å²) in [4.78, 5) is 28.1. The summed E-state index contributed by atoms with van der Waals surface area (Å²) in [6.07, 6.45) is -17.2. The Hall–Kier alpha value is -9.91. The average Bonchev–Trinajstić information content (AvgIpc) is 1.62. The summed E-state index contributed by atoms with van der Waals surface area (Å²) in [5.41, 5.74) is 0.0721. The van der Waals surface area contributed by atoms with Crippen molar-refractivity contribution in [2.24, 2.45) is 0 Å². The summed E-state index contributed by atoms with van der Waals surface area (Å²) in [6.45, 7) is 18.3. The zero-order chi connectivity index (χ0) is 67.4. The number of fused-ring (bicyclic) bond motifs is 3. The van der Waals surface area contributed by atoms with Crippen molar-refractivity contribution in [3.05, 3.63) is 288 Å². The van der Waals surface area contributed by atoms with Gasteiger partial charge in [-0.05, 0) is 132 Å². The van der Waals surface area contributed by atoms with Crippen molar-refractivity contribution in [3.63, 3.8) is 0 Å². The van der Waals surface area contributed by atoms with E-state index in [2.05, 4.69) is 38.4 Å². The molecule has 9 aromatic rings. The van der Waals surface area contributed by atoms with Crippen LogP contribution < -0.4 is 4.90 Å². The highest BCUT2D eigenvalue weighted by Gasteiger charge is 2.40. The van der Waals surface area contributed by atoms with Crippen LogP contribution in [0.2, 0.25) is 0 Å². The largest absolute Gasteiger partial charge is 0.417 e. The third-order valence-electron chi connectivity index (χ3n) is 13.9. The van der Waals surface area contributed by atoms with Crippen molar-refractivity contribution in [2.75, 3.05) is 11.9 Å². The lowest BCUT2D eigenvalue weighted by atomic mass is 9.91. The molecule has 0 aliphatic carbocycles. The maximum Gasteiger partial charge on any atom is 0.417 e. The Morgan fingerprint density at radius 1 is 0.549 bits per heavy atom. The Balaban J connectivity index is 0.000000269. The van der Waals surface area contributed by atoms with E-state index in [9.17, 15) is 75.4 Å². The number of para-hydroxylation sites is 1. The molecular weight excluding hydrogens is 1210 g/mol. The van der Waals surface area contributed by atoms with Crippen LogP contribution in [-0.4, -0.2) is 30.0 Å². The molecule has 1 amide bonds. The number of aldehydes is 1. The van der Waals surface area contributed by atoms with Crippen LogP contribution in [0, 0.1) is 0 Å². The lowest BCUT2D eigenvalue weighted by Crippen LogP contribution is -2.28. The van der Waals surface area contributed by atoms with Crippen LogP contribution in [0.15, 0.2) is 244 Å². The maximum atomic E-state index is 14.3. The van der Waals surface area contributed by atoms with E-state index in [-0.39, 0.29) is 46.4 Å². The molecule has 0 aliphatic heterocycles. The fourth-order valence-corrected chi connectivity index (χ4v) is 9.26. The highest BCUT2D eigenvalue weighted by molar-refractivity contribution is 6.15. The predicted molar refractivity (Wildman–Crippen MR) is 331 cm³/mol. The minimum atomic E-state index is -5.06. The van der Waals surface area contributed by atoms with Crippen LogP contribution in [0.25, 0.3) is 60.9 Å². The number of carbonyl (C=O) groups excluding carboxylic acids is 2. The molecule has 0 radical (unpaired) electrons. The average molecular weight is 1270 g/mol. The van der Waals surface area contributed by atoms with Gasteiger partial charge in [-0.25, -0.2) is 0 Å². The number of anilines is 1. The molecule has 0 N–H and O–H groups in total. The lowest BCUT2D eigenvalue weighted by molar-refractivity contribution is -0.144. The molecule has 0 bridgehead atoms. The molecule has 19 heteroatoms. The molecule has 1 aromatic heterocycles. The van der Waals surface area contributed by atoms with Crippen molar-refractivity contribution >= 4 is 50.8 Å². The van der Waals surface area contributed by atoms with Crippen LogP contribution in [0.1, 0.15) is 81.3 Å². The number of carbonyl (C=O) groups is 2. The highest BCUT2D eigenvalue weighted by atomic mass is 19.4. The minimum Gasteiger partial charge on any atom is -0.311 e. The third-order valence-corrected chi connectivity index (χ3v) is 13.9. The Bertz CT molecular complexity index is 4160. The molecule has 0 aliphatic rings. The summed E-state index contributed by atoms with van der Waals surface area (Å²) in [5.74, 6) is -0.470. The molecule has 0 saturated carbocycles. The van der Waals surface area contributed by atoms with Crippen LogP contribution >= 0.6 is 0 Å². The van der Waals surface area contributed by atoms with Gasteiger partial charge in [-0.3, -0.25) is 9.59 Å². The van der Waals surface area contributed by atoms with Crippen molar-refractivity contribution < 1.29 is 75.4 Å². The number of nitrogens with zero attached hydrogens (tertiary/aromatic N) is 2. The van der Waals surface area contributed by atoms with E-state index in [4.69, 9.17) is 0 Å². The Morgan fingerprint density at radius 2 is 1.07 bits per heavy atom. The first kappa shape index (κ1) is 70.2. The topological polar surface area (TPSA) is 42.3 Å². The number of alkyl halides is 15. The number of rotatable bonds is 12. The van der Waals surface area contributed by atoms with Gasteiger partial charge in [-0.15, -0.1) is 6.58 Å². The first-order chi connectivity index (χ1) is 42.6. The maximum absolute atomic E-state index is 14.3. The molecule has 9 rings (SSSR count). The SMILES string of the molecule is C=C(C)C(F)(F)F.C=C(C)c1ccccc1.C=CCC(=C)/C(=C\C=C/C)c1ccc(C(F)(F)F)cc1C(F)(F)F.CN(C(=O)c1c(C=O)cccc1-n1c2ccccc2c2cc(-c3ccc(C(F)(F)F)cc3C(F)(F)F)ccc21)c1ccc(-c2ccccc2)cc1. The molecule has 0 spiro atoms. The van der Waals surface area contributed by atoms with Crippen molar-refractivity contribution in [2.45, 2.75) is 58.1 Å². The van der Waals surface area contributed by atoms with Gasteiger partial charge in [-0.1, -0.05) is 171 Å². The van der Waals surface area contributed by atoms with E-state index >= 15 is 0 Å². The molecule has 0 fully saturated rings. The smallest absolute Gasteiger partial charge is 0.311 e. The number of aromatic nitrogens is 1. The van der Waals surface area contributed by atoms with Crippen molar-refractivity contribution in [1.29, 1.82) is 0 Å². The monoisotopic (exact) mass is 1270 g/mol. The second-order valence-electron chi connectivity index (χ2n) is 20.4. The quantitative estimate of drug-likeness (QED) is 0.0529. The van der Waals surface area contributed by atoms with Crippen LogP contribution in [-0.2, 0) is 24.7 Å². The first-order valence-corrected chi connectivity index (χ1v) is 27.3. The normalized spacial score (nSPS) is 12.0. The van der Waals surface area contributed by atoms with Crippen molar-refractivity contribution in [3.8, 4) is 27.9 Å². The second kappa shape index (κ2) is 29.2. The summed E-state index contributed by atoms with van der Waals surface area (Å²) in [6, 6.07) is 46.9. The van der Waals surface area contributed by atoms with Crippen molar-refractivity contribution in [1.82, 2.24) is 4.57 Å². The van der Waals surface area contributed by atoms with E-state index in [1.807, 2.05) is 79.7 Å². The van der Waals surface area contributed by atoms with E-state index in [1.165, 1.54) is 46.9 Å². The fourth-order valence-electron chi connectivity index (χ4n) is 9.26. The van der Waals surface area contributed by atoms with Gasteiger partial charge in [0.15, 0.2) is 6.29 Å². The van der Waals surface area contributed by atoms with Gasteiger partial charge in [0.05, 0.1) is 44.5 Å². The fraction of sp³-hybridized carbons (Fsp3) is 0.139. The zero-order valence-corrected chi connectivity index (χ0v) is 49.1. The van der Waals surface area contributed by atoms with E-state index < -0.39 is 70.2 Å². The van der Waals surface area contributed by atoms with Gasteiger partial charge in [-0.2, -0.15) is 65.9 Å². The third kappa shape index (κ3) is 17.5. The molecule has 0 atom stereocenters. The van der Waals surface area contributed by atoms with Gasteiger partial charge in [0.2, 0.25) is 0 Å². The number of hydrogen-bond donors (Lipinski definition) is 0. The van der Waals surface area contributed by atoms with E-state index in [1.54, 1.807) is 67.1 Å². The molecule has 91 heavy (non-hydrogen) atoms. The summed E-state index contributed by atoms with van der Waals surface area (Å²) < 4.78 is 196. The van der Waals surface area contributed by atoms with Crippen LogP contribution in [0.4, 0.5) is 71.5 Å². The number of benzene rings is 8. The molecule has 8 aromatic carbocycles. The predicted octanol–water partition coefficient (Wildman–Crippen LogP) is 22.9. The summed E-state index contributed by atoms with van der Waals surface area (Å²) in [7, 11) is 1.60. The molecule has 1 heterocycles. The molecule has 0 unspecified atom stereocenters. The molecular formula is C72H57F15N2O2.